The molecule has 108 valence electrons. The molecule has 0 unspecified atom stereocenters. The predicted octanol–water partition coefficient (Wildman–Crippen LogP) is 2.78. The van der Waals surface area contributed by atoms with Gasteiger partial charge in [-0.15, -0.1) is 0 Å². The normalized spacial score (nSPS) is 15.4. The largest absolute Gasteiger partial charge is 0.361 e. The lowest BCUT2D eigenvalue weighted by atomic mass is 9.93. The minimum absolute atomic E-state index is 0.633. The van der Waals surface area contributed by atoms with Gasteiger partial charge < -0.3 is 14.8 Å². The molecule has 2 aromatic heterocycles. The molecule has 0 atom stereocenters. The zero-order chi connectivity index (χ0) is 14.1. The Morgan fingerprint density at radius 3 is 3.05 bits per heavy atom. The van der Waals surface area contributed by atoms with E-state index >= 15 is 0 Å². The van der Waals surface area contributed by atoms with E-state index in [9.17, 15) is 0 Å². The van der Waals surface area contributed by atoms with E-state index in [1.165, 1.54) is 30.2 Å². The first-order valence-corrected chi connectivity index (χ1v) is 7.48. The summed E-state index contributed by atoms with van der Waals surface area (Å²) in [7, 11) is 0. The van der Waals surface area contributed by atoms with Crippen LogP contribution in [0.4, 0.5) is 0 Å². The van der Waals surface area contributed by atoms with E-state index in [0.29, 0.717) is 24.9 Å². The molecule has 1 aromatic carbocycles. The third kappa shape index (κ3) is 2.56. The SMILES string of the molecule is c1ccc2c(Cc3noc(CNC4CCC4)n3)c[nH]c2c1. The summed E-state index contributed by atoms with van der Waals surface area (Å²) in [6.07, 6.45) is 6.56. The number of H-pyrrole nitrogens is 1. The van der Waals surface area contributed by atoms with E-state index in [0.717, 1.165) is 11.3 Å². The van der Waals surface area contributed by atoms with Crippen LogP contribution in [0.3, 0.4) is 0 Å². The molecular weight excluding hydrogens is 264 g/mol. The molecule has 0 amide bonds. The van der Waals surface area contributed by atoms with Crippen molar-refractivity contribution in [2.75, 3.05) is 0 Å². The van der Waals surface area contributed by atoms with Crippen molar-refractivity contribution in [1.29, 1.82) is 0 Å². The highest BCUT2D eigenvalue weighted by Crippen LogP contribution is 2.20. The number of fused-ring (bicyclic) bond motifs is 1. The number of aromatic amines is 1. The second-order valence-electron chi connectivity index (χ2n) is 5.65. The topological polar surface area (TPSA) is 66.7 Å². The quantitative estimate of drug-likeness (QED) is 0.755. The standard InChI is InChI=1S/C16H18N4O/c1-2-7-14-13(6-1)11(9-18-14)8-15-19-16(21-20-15)10-17-12-4-3-5-12/h1-2,6-7,9,12,17-18H,3-5,8,10H2. The van der Waals surface area contributed by atoms with Gasteiger partial charge in [0.05, 0.1) is 6.54 Å². The van der Waals surface area contributed by atoms with Crippen molar-refractivity contribution in [3.63, 3.8) is 0 Å². The smallest absolute Gasteiger partial charge is 0.240 e. The number of benzene rings is 1. The molecule has 0 saturated heterocycles. The lowest BCUT2D eigenvalue weighted by Gasteiger charge is -2.25. The first-order valence-electron chi connectivity index (χ1n) is 7.48. The molecule has 2 N–H and O–H groups in total. The van der Waals surface area contributed by atoms with Gasteiger partial charge in [-0.3, -0.25) is 0 Å². The maximum absolute atomic E-state index is 5.31. The summed E-state index contributed by atoms with van der Waals surface area (Å²) in [4.78, 5) is 7.74. The number of rotatable bonds is 5. The molecular formula is C16H18N4O. The molecule has 1 aliphatic rings. The van der Waals surface area contributed by atoms with Crippen LogP contribution in [-0.4, -0.2) is 21.2 Å². The van der Waals surface area contributed by atoms with Crippen molar-refractivity contribution in [2.24, 2.45) is 0 Å². The Balaban J connectivity index is 1.45. The fourth-order valence-electron chi connectivity index (χ4n) is 2.73. The molecule has 1 fully saturated rings. The number of hydrogen-bond acceptors (Lipinski definition) is 4. The van der Waals surface area contributed by atoms with Gasteiger partial charge in [0.1, 0.15) is 0 Å². The van der Waals surface area contributed by atoms with Crippen LogP contribution < -0.4 is 5.32 Å². The van der Waals surface area contributed by atoms with E-state index in [4.69, 9.17) is 4.52 Å². The zero-order valence-electron chi connectivity index (χ0n) is 11.8. The van der Waals surface area contributed by atoms with E-state index in [1.54, 1.807) is 0 Å². The number of aromatic nitrogens is 3. The Bertz CT molecular complexity index is 741. The first-order chi connectivity index (χ1) is 10.4. The van der Waals surface area contributed by atoms with Gasteiger partial charge in [-0.05, 0) is 24.5 Å². The van der Waals surface area contributed by atoms with Crippen molar-refractivity contribution in [1.82, 2.24) is 20.4 Å². The van der Waals surface area contributed by atoms with E-state index in [-0.39, 0.29) is 0 Å². The molecule has 3 aromatic rings. The van der Waals surface area contributed by atoms with Crippen molar-refractivity contribution < 1.29 is 4.52 Å². The lowest BCUT2D eigenvalue weighted by Crippen LogP contribution is -2.34. The number of para-hydroxylation sites is 1. The van der Waals surface area contributed by atoms with E-state index in [2.05, 4.69) is 32.6 Å². The van der Waals surface area contributed by atoms with Crippen LogP contribution in [0.5, 0.6) is 0 Å². The third-order valence-electron chi connectivity index (χ3n) is 4.18. The highest BCUT2D eigenvalue weighted by molar-refractivity contribution is 5.83. The maximum Gasteiger partial charge on any atom is 0.240 e. The fraction of sp³-hybridized carbons (Fsp3) is 0.375. The summed E-state index contributed by atoms with van der Waals surface area (Å²) in [5.41, 5.74) is 2.34. The van der Waals surface area contributed by atoms with Gasteiger partial charge in [0.15, 0.2) is 5.82 Å². The van der Waals surface area contributed by atoms with Gasteiger partial charge in [-0.1, -0.05) is 29.8 Å². The van der Waals surface area contributed by atoms with Crippen LogP contribution in [0.2, 0.25) is 0 Å². The molecule has 5 heteroatoms. The van der Waals surface area contributed by atoms with Crippen LogP contribution in [0.15, 0.2) is 35.0 Å². The van der Waals surface area contributed by atoms with Crippen LogP contribution >= 0.6 is 0 Å². The van der Waals surface area contributed by atoms with E-state index < -0.39 is 0 Å². The molecule has 0 radical (unpaired) electrons. The Morgan fingerprint density at radius 1 is 1.29 bits per heavy atom. The molecule has 21 heavy (non-hydrogen) atoms. The first kappa shape index (κ1) is 12.6. The monoisotopic (exact) mass is 282 g/mol. The second-order valence-corrected chi connectivity index (χ2v) is 5.65. The average Bonchev–Trinajstić information content (AvgIpc) is 3.06. The van der Waals surface area contributed by atoms with Crippen LogP contribution in [0.1, 0.15) is 36.5 Å². The van der Waals surface area contributed by atoms with Crippen LogP contribution in [0, 0.1) is 0 Å². The van der Waals surface area contributed by atoms with Crippen molar-refractivity contribution >= 4 is 10.9 Å². The highest BCUT2D eigenvalue weighted by atomic mass is 16.5. The molecule has 2 heterocycles. The summed E-state index contributed by atoms with van der Waals surface area (Å²) in [6.45, 7) is 0.672. The summed E-state index contributed by atoms with van der Waals surface area (Å²) < 4.78 is 5.31. The van der Waals surface area contributed by atoms with E-state index in [1.807, 2.05) is 18.3 Å². The van der Waals surface area contributed by atoms with Crippen molar-refractivity contribution in [3.8, 4) is 0 Å². The van der Waals surface area contributed by atoms with Gasteiger partial charge in [-0.25, -0.2) is 0 Å². The zero-order valence-corrected chi connectivity index (χ0v) is 11.8. The predicted molar refractivity (Wildman–Crippen MR) is 79.9 cm³/mol. The Kier molecular flexibility index (Phi) is 3.20. The third-order valence-corrected chi connectivity index (χ3v) is 4.18. The molecule has 4 rings (SSSR count). The Labute approximate surface area is 122 Å². The van der Waals surface area contributed by atoms with Gasteiger partial charge >= 0.3 is 0 Å². The van der Waals surface area contributed by atoms with Crippen molar-refractivity contribution in [3.05, 3.63) is 47.7 Å². The molecule has 1 aliphatic carbocycles. The maximum atomic E-state index is 5.31. The molecule has 0 bridgehead atoms. The number of nitrogens with one attached hydrogen (secondary N) is 2. The molecule has 0 spiro atoms. The Hall–Kier alpha value is -2.14. The minimum atomic E-state index is 0.633. The molecule has 5 nitrogen and oxygen atoms in total. The summed E-state index contributed by atoms with van der Waals surface area (Å²) >= 11 is 0. The second kappa shape index (κ2) is 5.33. The van der Waals surface area contributed by atoms with Crippen LogP contribution in [0.25, 0.3) is 10.9 Å². The van der Waals surface area contributed by atoms with Gasteiger partial charge in [0.25, 0.3) is 0 Å². The molecule has 1 saturated carbocycles. The van der Waals surface area contributed by atoms with Gasteiger partial charge in [-0.2, -0.15) is 4.98 Å². The number of hydrogen-bond donors (Lipinski definition) is 2. The number of nitrogens with zero attached hydrogens (tertiary/aromatic N) is 2. The Morgan fingerprint density at radius 2 is 2.19 bits per heavy atom. The summed E-state index contributed by atoms with van der Waals surface area (Å²) in [5.74, 6) is 1.42. The lowest BCUT2D eigenvalue weighted by molar-refractivity contribution is 0.304. The van der Waals surface area contributed by atoms with Gasteiger partial charge in [0, 0.05) is 29.6 Å². The highest BCUT2D eigenvalue weighted by Gasteiger charge is 2.17. The van der Waals surface area contributed by atoms with Crippen LogP contribution in [-0.2, 0) is 13.0 Å². The molecule has 0 aliphatic heterocycles. The van der Waals surface area contributed by atoms with Gasteiger partial charge in [0.2, 0.25) is 5.89 Å². The van der Waals surface area contributed by atoms with Crippen molar-refractivity contribution in [2.45, 2.75) is 38.3 Å². The summed E-state index contributed by atoms with van der Waals surface area (Å²) in [5, 5.41) is 8.73. The fourth-order valence-corrected chi connectivity index (χ4v) is 2.73. The minimum Gasteiger partial charge on any atom is -0.361 e. The average molecular weight is 282 g/mol. The summed E-state index contributed by atoms with van der Waals surface area (Å²) in [6, 6.07) is 8.89.